The lowest BCUT2D eigenvalue weighted by Gasteiger charge is -2.11. The lowest BCUT2D eigenvalue weighted by Crippen LogP contribution is -2.13. The van der Waals surface area contributed by atoms with Crippen molar-refractivity contribution in [2.24, 2.45) is 0 Å². The number of amides is 1. The van der Waals surface area contributed by atoms with Gasteiger partial charge in [0.1, 0.15) is 5.82 Å². The van der Waals surface area contributed by atoms with Crippen molar-refractivity contribution >= 4 is 34.2 Å². The van der Waals surface area contributed by atoms with Gasteiger partial charge in [0, 0.05) is 30.3 Å². The Morgan fingerprint density at radius 2 is 2.00 bits per heavy atom. The number of carbonyl (C=O) groups excluding carboxylic acids is 1. The molecule has 3 aromatic heterocycles. The zero-order chi connectivity index (χ0) is 20.7. The number of hydrogen-bond donors (Lipinski definition) is 1. The Morgan fingerprint density at radius 3 is 2.66 bits per heavy atom. The molecule has 0 bridgehead atoms. The van der Waals surface area contributed by atoms with E-state index in [4.69, 9.17) is 11.6 Å². The third kappa shape index (κ3) is 3.38. The molecule has 0 radical (unpaired) electrons. The van der Waals surface area contributed by atoms with Gasteiger partial charge in [0.2, 0.25) is 0 Å². The van der Waals surface area contributed by atoms with E-state index in [2.05, 4.69) is 20.4 Å². The van der Waals surface area contributed by atoms with Crippen molar-refractivity contribution in [1.29, 1.82) is 0 Å². The maximum atomic E-state index is 13.1. The second-order valence-electron chi connectivity index (χ2n) is 6.88. The van der Waals surface area contributed by atoms with Crippen LogP contribution in [0.2, 0.25) is 5.02 Å². The van der Waals surface area contributed by atoms with Gasteiger partial charge in [-0.25, -0.2) is 14.6 Å². The molecular weight excluding hydrogens is 388 g/mol. The van der Waals surface area contributed by atoms with Gasteiger partial charge in [0.25, 0.3) is 5.91 Å². The number of aryl methyl sites for hydroxylation is 4. The molecule has 0 spiro atoms. The topological polar surface area (TPSA) is 77.6 Å². The molecule has 0 aliphatic carbocycles. The Kier molecular flexibility index (Phi) is 4.84. The molecule has 3 heterocycles. The van der Waals surface area contributed by atoms with Gasteiger partial charge in [-0.05, 0) is 52.0 Å². The highest BCUT2D eigenvalue weighted by atomic mass is 35.5. The van der Waals surface area contributed by atoms with Gasteiger partial charge >= 0.3 is 0 Å². The van der Waals surface area contributed by atoms with E-state index >= 15 is 0 Å². The first-order valence-corrected chi connectivity index (χ1v) is 9.72. The van der Waals surface area contributed by atoms with E-state index in [1.54, 1.807) is 18.3 Å². The SMILES string of the molecule is CCn1nc(C)c2c(C(=O)Nc3ccc(-n4ccnc4C)c(Cl)c3)cc(C)nc21. The Balaban J connectivity index is 1.69. The lowest BCUT2D eigenvalue weighted by molar-refractivity contribution is 0.102. The molecule has 0 saturated heterocycles. The van der Waals surface area contributed by atoms with Crippen molar-refractivity contribution in [3.8, 4) is 5.69 Å². The van der Waals surface area contributed by atoms with Crippen molar-refractivity contribution < 1.29 is 4.79 Å². The van der Waals surface area contributed by atoms with E-state index in [-0.39, 0.29) is 5.91 Å². The quantitative estimate of drug-likeness (QED) is 0.540. The Hall–Kier alpha value is -3.19. The van der Waals surface area contributed by atoms with Gasteiger partial charge in [-0.15, -0.1) is 0 Å². The standard InChI is InChI=1S/C21H21ClN6O/c1-5-28-20-19(13(3)26-28)16(10-12(2)24-20)21(29)25-15-6-7-18(17(22)11-15)27-9-8-23-14(27)4/h6-11H,5H2,1-4H3,(H,25,29). The summed E-state index contributed by atoms with van der Waals surface area (Å²) in [5, 5.41) is 8.75. The van der Waals surface area contributed by atoms with Crippen molar-refractivity contribution in [3.05, 3.63) is 64.5 Å². The van der Waals surface area contributed by atoms with Crippen molar-refractivity contribution in [2.75, 3.05) is 5.32 Å². The van der Waals surface area contributed by atoms with Crippen LogP contribution in [0, 0.1) is 20.8 Å². The molecule has 4 aromatic rings. The zero-order valence-corrected chi connectivity index (χ0v) is 17.4. The summed E-state index contributed by atoms with van der Waals surface area (Å²) >= 11 is 6.47. The average Bonchev–Trinajstić information content (AvgIpc) is 3.24. The van der Waals surface area contributed by atoms with Crippen LogP contribution in [0.3, 0.4) is 0 Å². The fraction of sp³-hybridized carbons (Fsp3) is 0.238. The van der Waals surface area contributed by atoms with Crippen molar-refractivity contribution in [3.63, 3.8) is 0 Å². The molecule has 4 rings (SSSR count). The molecule has 8 heteroatoms. The summed E-state index contributed by atoms with van der Waals surface area (Å²) < 4.78 is 3.71. The van der Waals surface area contributed by atoms with E-state index in [0.717, 1.165) is 33.9 Å². The average molecular weight is 409 g/mol. The van der Waals surface area contributed by atoms with E-state index in [1.165, 1.54) is 0 Å². The maximum absolute atomic E-state index is 13.1. The number of nitrogens with zero attached hydrogens (tertiary/aromatic N) is 5. The molecule has 0 fully saturated rings. The third-order valence-electron chi connectivity index (χ3n) is 4.84. The van der Waals surface area contributed by atoms with Crippen LogP contribution < -0.4 is 5.32 Å². The van der Waals surface area contributed by atoms with E-state index < -0.39 is 0 Å². The molecule has 7 nitrogen and oxygen atoms in total. The fourth-order valence-corrected chi connectivity index (χ4v) is 3.76. The molecule has 0 atom stereocenters. The second-order valence-corrected chi connectivity index (χ2v) is 7.28. The maximum Gasteiger partial charge on any atom is 0.256 e. The Bertz CT molecular complexity index is 1240. The van der Waals surface area contributed by atoms with Crippen LogP contribution in [0.25, 0.3) is 16.7 Å². The smallest absolute Gasteiger partial charge is 0.256 e. The molecule has 0 unspecified atom stereocenters. The normalized spacial score (nSPS) is 11.2. The minimum atomic E-state index is -0.220. The van der Waals surface area contributed by atoms with Crippen LogP contribution in [0.15, 0.2) is 36.7 Å². The molecule has 29 heavy (non-hydrogen) atoms. The second kappa shape index (κ2) is 7.33. The number of benzene rings is 1. The number of hydrogen-bond acceptors (Lipinski definition) is 4. The number of aromatic nitrogens is 5. The van der Waals surface area contributed by atoms with Crippen molar-refractivity contribution in [2.45, 2.75) is 34.2 Å². The molecule has 1 aromatic carbocycles. The highest BCUT2D eigenvalue weighted by Gasteiger charge is 2.19. The van der Waals surface area contributed by atoms with Gasteiger partial charge in [-0.3, -0.25) is 4.79 Å². The molecule has 0 aliphatic rings. The van der Waals surface area contributed by atoms with Gasteiger partial charge < -0.3 is 9.88 Å². The summed E-state index contributed by atoms with van der Waals surface area (Å²) in [5.74, 6) is 0.614. The summed E-state index contributed by atoms with van der Waals surface area (Å²) in [6.07, 6.45) is 3.57. The highest BCUT2D eigenvalue weighted by molar-refractivity contribution is 6.32. The Morgan fingerprint density at radius 1 is 1.21 bits per heavy atom. The predicted molar refractivity (Wildman–Crippen MR) is 114 cm³/mol. The first kappa shape index (κ1) is 19.1. The summed E-state index contributed by atoms with van der Waals surface area (Å²) in [7, 11) is 0. The molecule has 1 amide bonds. The fourth-order valence-electron chi connectivity index (χ4n) is 3.49. The summed E-state index contributed by atoms with van der Waals surface area (Å²) in [5.41, 5.74) is 4.24. The summed E-state index contributed by atoms with van der Waals surface area (Å²) in [4.78, 5) is 21.9. The molecule has 148 valence electrons. The van der Waals surface area contributed by atoms with Gasteiger partial charge in [-0.2, -0.15) is 5.10 Å². The summed E-state index contributed by atoms with van der Waals surface area (Å²) in [6.45, 7) is 8.36. The number of halogens is 1. The predicted octanol–water partition coefficient (Wildman–Crippen LogP) is 4.47. The number of fused-ring (bicyclic) bond motifs is 1. The number of anilines is 1. The van der Waals surface area contributed by atoms with E-state index in [9.17, 15) is 4.79 Å². The van der Waals surface area contributed by atoms with Crippen LogP contribution in [0.5, 0.6) is 0 Å². The minimum absolute atomic E-state index is 0.220. The van der Waals surface area contributed by atoms with E-state index in [0.29, 0.717) is 22.8 Å². The number of pyridine rings is 1. The minimum Gasteiger partial charge on any atom is -0.322 e. The number of carbonyl (C=O) groups is 1. The number of rotatable bonds is 4. The van der Waals surface area contributed by atoms with Crippen LogP contribution in [0.4, 0.5) is 5.69 Å². The number of imidazole rings is 1. The first-order valence-electron chi connectivity index (χ1n) is 9.35. The Labute approximate surface area is 173 Å². The van der Waals surface area contributed by atoms with Crippen LogP contribution in [-0.2, 0) is 6.54 Å². The first-order chi connectivity index (χ1) is 13.9. The molecule has 0 saturated carbocycles. The van der Waals surface area contributed by atoms with Crippen LogP contribution in [-0.4, -0.2) is 30.2 Å². The summed E-state index contributed by atoms with van der Waals surface area (Å²) in [6, 6.07) is 7.21. The van der Waals surface area contributed by atoms with Gasteiger partial charge in [0.15, 0.2) is 5.65 Å². The number of nitrogens with one attached hydrogen (secondary N) is 1. The van der Waals surface area contributed by atoms with Crippen LogP contribution in [0.1, 0.15) is 34.5 Å². The van der Waals surface area contributed by atoms with Gasteiger partial charge in [0.05, 0.1) is 27.4 Å². The zero-order valence-electron chi connectivity index (χ0n) is 16.7. The highest BCUT2D eigenvalue weighted by Crippen LogP contribution is 2.27. The van der Waals surface area contributed by atoms with Crippen molar-refractivity contribution in [1.82, 2.24) is 24.3 Å². The van der Waals surface area contributed by atoms with E-state index in [1.807, 2.05) is 55.3 Å². The third-order valence-corrected chi connectivity index (χ3v) is 5.14. The van der Waals surface area contributed by atoms with Gasteiger partial charge in [-0.1, -0.05) is 11.6 Å². The molecular formula is C21H21ClN6O. The monoisotopic (exact) mass is 408 g/mol. The molecule has 0 aliphatic heterocycles. The largest absolute Gasteiger partial charge is 0.322 e. The molecule has 1 N–H and O–H groups in total. The lowest BCUT2D eigenvalue weighted by atomic mass is 10.1. The van der Waals surface area contributed by atoms with Crippen LogP contribution >= 0.6 is 11.6 Å².